The molecule has 0 saturated carbocycles. The van der Waals surface area contributed by atoms with Gasteiger partial charge in [0.05, 0.1) is 19.2 Å². The van der Waals surface area contributed by atoms with Crippen LogP contribution in [0.15, 0.2) is 66.7 Å². The van der Waals surface area contributed by atoms with Gasteiger partial charge in [0, 0.05) is 6.54 Å². The molecular weight excluding hydrogens is 348 g/mol. The van der Waals surface area contributed by atoms with Crippen LogP contribution in [0.25, 0.3) is 10.8 Å². The number of urea groups is 1. The maximum absolute atomic E-state index is 13.1. The lowest BCUT2D eigenvalue weighted by Gasteiger charge is -2.28. The van der Waals surface area contributed by atoms with Crippen molar-refractivity contribution in [2.24, 2.45) is 0 Å². The van der Waals surface area contributed by atoms with Gasteiger partial charge in [0.15, 0.2) is 0 Å². The standard InChI is InChI=1S/C24H26N2O2/c1-17(21-13-6-9-18-8-3-4-12-22(18)21)25-24(27)26-15-7-14-23(26)19-10-5-11-20(16-19)28-2/h3-6,8-13,16-17,23H,7,14-15H2,1-2H3,(H,25,27). The van der Waals surface area contributed by atoms with Crippen molar-refractivity contribution < 1.29 is 9.53 Å². The second-order valence-electron chi connectivity index (χ2n) is 7.37. The van der Waals surface area contributed by atoms with Crippen LogP contribution < -0.4 is 10.1 Å². The Kier molecular flexibility index (Phi) is 5.20. The zero-order chi connectivity index (χ0) is 19.5. The van der Waals surface area contributed by atoms with Gasteiger partial charge in [-0.2, -0.15) is 0 Å². The molecule has 0 aromatic heterocycles. The number of likely N-dealkylation sites (tertiary alicyclic amines) is 1. The summed E-state index contributed by atoms with van der Waals surface area (Å²) < 4.78 is 5.35. The van der Waals surface area contributed by atoms with Gasteiger partial charge in [0.1, 0.15) is 5.75 Å². The van der Waals surface area contributed by atoms with E-state index in [-0.39, 0.29) is 18.1 Å². The number of nitrogens with one attached hydrogen (secondary N) is 1. The Morgan fingerprint density at radius 1 is 1.11 bits per heavy atom. The molecule has 1 saturated heterocycles. The molecule has 1 fully saturated rings. The number of hydrogen-bond acceptors (Lipinski definition) is 2. The molecule has 2 unspecified atom stereocenters. The number of benzene rings is 3. The number of hydrogen-bond donors (Lipinski definition) is 1. The highest BCUT2D eigenvalue weighted by Crippen LogP contribution is 2.34. The van der Waals surface area contributed by atoms with E-state index < -0.39 is 0 Å². The third kappa shape index (κ3) is 3.55. The minimum atomic E-state index is -0.0647. The average molecular weight is 374 g/mol. The minimum absolute atomic E-state index is 0.00856. The molecule has 3 aromatic carbocycles. The first-order valence-corrected chi connectivity index (χ1v) is 9.86. The molecule has 2 atom stereocenters. The first-order chi connectivity index (χ1) is 13.7. The summed E-state index contributed by atoms with van der Waals surface area (Å²) in [6, 6.07) is 22.6. The number of rotatable bonds is 4. The maximum Gasteiger partial charge on any atom is 0.318 e. The Labute approximate surface area is 166 Å². The van der Waals surface area contributed by atoms with E-state index in [2.05, 4.69) is 48.6 Å². The van der Waals surface area contributed by atoms with Gasteiger partial charge >= 0.3 is 6.03 Å². The van der Waals surface area contributed by atoms with Crippen LogP contribution in [0.4, 0.5) is 4.79 Å². The molecule has 28 heavy (non-hydrogen) atoms. The molecule has 0 bridgehead atoms. The zero-order valence-corrected chi connectivity index (χ0v) is 16.4. The van der Waals surface area contributed by atoms with Crippen LogP contribution in [0, 0.1) is 0 Å². The monoisotopic (exact) mass is 374 g/mol. The Bertz CT molecular complexity index is 980. The Hall–Kier alpha value is -3.01. The molecule has 0 spiro atoms. The van der Waals surface area contributed by atoms with Gasteiger partial charge in [0.25, 0.3) is 0 Å². The van der Waals surface area contributed by atoms with Crippen molar-refractivity contribution in [2.75, 3.05) is 13.7 Å². The summed E-state index contributed by atoms with van der Waals surface area (Å²) in [7, 11) is 1.67. The predicted octanol–water partition coefficient (Wildman–Crippen LogP) is 5.46. The summed E-state index contributed by atoms with van der Waals surface area (Å²) in [5.41, 5.74) is 2.27. The fourth-order valence-electron chi connectivity index (χ4n) is 4.18. The van der Waals surface area contributed by atoms with E-state index >= 15 is 0 Å². The molecule has 4 rings (SSSR count). The summed E-state index contributed by atoms with van der Waals surface area (Å²) in [5, 5.41) is 5.59. The Morgan fingerprint density at radius 2 is 1.89 bits per heavy atom. The molecule has 2 amide bonds. The molecule has 4 nitrogen and oxygen atoms in total. The van der Waals surface area contributed by atoms with Gasteiger partial charge in [-0.05, 0) is 53.8 Å². The van der Waals surface area contributed by atoms with Gasteiger partial charge in [-0.1, -0.05) is 54.6 Å². The summed E-state index contributed by atoms with van der Waals surface area (Å²) in [5.74, 6) is 0.828. The maximum atomic E-state index is 13.1. The number of methoxy groups -OCH3 is 1. The van der Waals surface area contributed by atoms with Crippen LogP contribution in [0.1, 0.15) is 43.0 Å². The van der Waals surface area contributed by atoms with Crippen molar-refractivity contribution in [1.29, 1.82) is 0 Å². The molecule has 0 radical (unpaired) electrons. The third-order valence-corrected chi connectivity index (χ3v) is 5.62. The zero-order valence-electron chi connectivity index (χ0n) is 16.4. The fourth-order valence-corrected chi connectivity index (χ4v) is 4.18. The summed E-state index contributed by atoms with van der Waals surface area (Å²) in [6.07, 6.45) is 1.99. The summed E-state index contributed by atoms with van der Waals surface area (Å²) >= 11 is 0. The predicted molar refractivity (Wildman–Crippen MR) is 113 cm³/mol. The van der Waals surface area contributed by atoms with Crippen LogP contribution in [-0.4, -0.2) is 24.6 Å². The first kappa shape index (κ1) is 18.4. The quantitative estimate of drug-likeness (QED) is 0.659. The van der Waals surface area contributed by atoms with Crippen LogP contribution in [0.2, 0.25) is 0 Å². The number of carbonyl (C=O) groups excluding carboxylic acids is 1. The largest absolute Gasteiger partial charge is 0.497 e. The lowest BCUT2D eigenvalue weighted by Crippen LogP contribution is -2.40. The molecule has 1 N–H and O–H groups in total. The summed E-state index contributed by atoms with van der Waals surface area (Å²) in [6.45, 7) is 2.83. The summed E-state index contributed by atoms with van der Waals surface area (Å²) in [4.78, 5) is 15.0. The molecule has 1 aliphatic rings. The van der Waals surface area contributed by atoms with E-state index in [1.807, 2.05) is 35.2 Å². The van der Waals surface area contributed by atoms with E-state index in [1.165, 1.54) is 10.8 Å². The average Bonchev–Trinajstić information content (AvgIpc) is 3.23. The van der Waals surface area contributed by atoms with Crippen LogP contribution in [-0.2, 0) is 0 Å². The highest BCUT2D eigenvalue weighted by atomic mass is 16.5. The number of fused-ring (bicyclic) bond motifs is 1. The van der Waals surface area contributed by atoms with Crippen LogP contribution in [0.5, 0.6) is 5.75 Å². The SMILES string of the molecule is COc1cccc(C2CCCN2C(=O)NC(C)c2cccc3ccccc23)c1. The van der Waals surface area contributed by atoms with E-state index in [4.69, 9.17) is 4.74 Å². The highest BCUT2D eigenvalue weighted by molar-refractivity contribution is 5.86. The minimum Gasteiger partial charge on any atom is -0.497 e. The highest BCUT2D eigenvalue weighted by Gasteiger charge is 2.31. The normalized spacial score (nSPS) is 17.5. The van der Waals surface area contributed by atoms with Crippen molar-refractivity contribution in [1.82, 2.24) is 10.2 Å². The number of ether oxygens (including phenoxy) is 1. The second kappa shape index (κ2) is 7.93. The molecule has 1 heterocycles. The molecule has 3 aromatic rings. The molecule has 4 heteroatoms. The molecule has 144 valence electrons. The van der Waals surface area contributed by atoms with Crippen LogP contribution in [0.3, 0.4) is 0 Å². The number of amides is 2. The van der Waals surface area contributed by atoms with E-state index in [9.17, 15) is 4.79 Å². The Balaban J connectivity index is 1.53. The van der Waals surface area contributed by atoms with Crippen molar-refractivity contribution >= 4 is 16.8 Å². The number of carbonyl (C=O) groups is 1. The van der Waals surface area contributed by atoms with Gasteiger partial charge in [0.2, 0.25) is 0 Å². The Morgan fingerprint density at radius 3 is 2.75 bits per heavy atom. The van der Waals surface area contributed by atoms with Crippen molar-refractivity contribution in [3.8, 4) is 5.75 Å². The fraction of sp³-hybridized carbons (Fsp3) is 0.292. The molecule has 0 aliphatic carbocycles. The van der Waals surface area contributed by atoms with E-state index in [0.717, 1.165) is 36.3 Å². The van der Waals surface area contributed by atoms with E-state index in [0.29, 0.717) is 0 Å². The van der Waals surface area contributed by atoms with Crippen molar-refractivity contribution in [2.45, 2.75) is 31.8 Å². The van der Waals surface area contributed by atoms with Crippen LogP contribution >= 0.6 is 0 Å². The van der Waals surface area contributed by atoms with Gasteiger partial charge in [-0.25, -0.2) is 4.79 Å². The van der Waals surface area contributed by atoms with E-state index in [1.54, 1.807) is 7.11 Å². The lowest BCUT2D eigenvalue weighted by molar-refractivity contribution is 0.189. The number of nitrogens with zero attached hydrogens (tertiary/aromatic N) is 1. The third-order valence-electron chi connectivity index (χ3n) is 5.62. The smallest absolute Gasteiger partial charge is 0.318 e. The van der Waals surface area contributed by atoms with Gasteiger partial charge in [-0.15, -0.1) is 0 Å². The van der Waals surface area contributed by atoms with Gasteiger partial charge < -0.3 is 15.0 Å². The molecular formula is C24H26N2O2. The van der Waals surface area contributed by atoms with Gasteiger partial charge in [-0.3, -0.25) is 0 Å². The topological polar surface area (TPSA) is 41.6 Å². The first-order valence-electron chi connectivity index (χ1n) is 9.86. The van der Waals surface area contributed by atoms with Crippen molar-refractivity contribution in [3.05, 3.63) is 77.9 Å². The molecule has 1 aliphatic heterocycles. The van der Waals surface area contributed by atoms with Crippen molar-refractivity contribution in [3.63, 3.8) is 0 Å². The lowest BCUT2D eigenvalue weighted by atomic mass is 10.00. The second-order valence-corrected chi connectivity index (χ2v) is 7.37.